The normalized spacial score (nSPS) is 15.5. The molecule has 1 N–H and O–H groups in total. The Morgan fingerprint density at radius 3 is 3.04 bits per heavy atom. The molecule has 0 unspecified atom stereocenters. The van der Waals surface area contributed by atoms with Crippen LogP contribution in [0.5, 0.6) is 0 Å². The molecule has 130 valence electrons. The van der Waals surface area contributed by atoms with Crippen molar-refractivity contribution in [1.82, 2.24) is 20.1 Å². The molecule has 7 heteroatoms. The van der Waals surface area contributed by atoms with Crippen LogP contribution in [0.4, 0.5) is 0 Å². The van der Waals surface area contributed by atoms with Gasteiger partial charge in [0.2, 0.25) is 5.91 Å². The van der Waals surface area contributed by atoms with E-state index in [0.29, 0.717) is 11.7 Å². The smallest absolute Gasteiger partial charge is 0.230 e. The van der Waals surface area contributed by atoms with Crippen LogP contribution in [-0.4, -0.2) is 33.0 Å². The summed E-state index contributed by atoms with van der Waals surface area (Å²) in [6, 6.07) is 4.21. The molecule has 1 saturated carbocycles. The lowest BCUT2D eigenvalue weighted by atomic mass is 9.89. The Bertz CT molecular complexity index is 620. The molecule has 1 aliphatic rings. The molecule has 2 aromatic rings. The maximum absolute atomic E-state index is 12.0. The average molecular weight is 365 g/mol. The lowest BCUT2D eigenvalue weighted by Crippen LogP contribution is -2.31. The maximum Gasteiger partial charge on any atom is 0.230 e. The summed E-state index contributed by atoms with van der Waals surface area (Å²) in [6.07, 6.45) is 9.19. The van der Waals surface area contributed by atoms with Crippen LogP contribution in [0.3, 0.4) is 0 Å². The summed E-state index contributed by atoms with van der Waals surface area (Å²) in [5.41, 5.74) is 0. The summed E-state index contributed by atoms with van der Waals surface area (Å²) in [7, 11) is 0. The van der Waals surface area contributed by atoms with E-state index < -0.39 is 0 Å². The van der Waals surface area contributed by atoms with Gasteiger partial charge >= 0.3 is 0 Å². The predicted octanol–water partition coefficient (Wildman–Crippen LogP) is 3.37. The topological polar surface area (TPSA) is 59.8 Å². The molecule has 0 aliphatic heterocycles. The number of thioether (sulfide) groups is 1. The number of aryl methyl sites for hydroxylation is 2. The minimum Gasteiger partial charge on any atom is -0.355 e. The van der Waals surface area contributed by atoms with Crippen LogP contribution >= 0.6 is 23.1 Å². The van der Waals surface area contributed by atoms with Crippen molar-refractivity contribution in [3.05, 3.63) is 28.7 Å². The van der Waals surface area contributed by atoms with E-state index in [-0.39, 0.29) is 5.91 Å². The molecule has 3 rings (SSSR count). The second-order valence-electron chi connectivity index (χ2n) is 6.23. The number of carbonyl (C=O) groups excluding carboxylic acids is 1. The highest BCUT2D eigenvalue weighted by Crippen LogP contribution is 2.23. The fourth-order valence-corrected chi connectivity index (χ4v) is 4.50. The van der Waals surface area contributed by atoms with Gasteiger partial charge in [-0.1, -0.05) is 37.1 Å². The SMILES string of the molecule is O=C(CSc1nncn1CCc1cccs1)NCC1CCCCC1. The summed E-state index contributed by atoms with van der Waals surface area (Å²) >= 11 is 3.23. The predicted molar refractivity (Wildman–Crippen MR) is 98.4 cm³/mol. The number of amides is 1. The molecular weight excluding hydrogens is 340 g/mol. The van der Waals surface area contributed by atoms with Crippen LogP contribution in [-0.2, 0) is 17.8 Å². The second kappa shape index (κ2) is 9.22. The fourth-order valence-electron chi connectivity index (χ4n) is 3.03. The summed E-state index contributed by atoms with van der Waals surface area (Å²) in [5.74, 6) is 1.17. The molecule has 2 aromatic heterocycles. The first-order valence-corrected chi connectivity index (χ1v) is 10.5. The van der Waals surface area contributed by atoms with Crippen LogP contribution in [0.1, 0.15) is 37.0 Å². The summed E-state index contributed by atoms with van der Waals surface area (Å²) in [4.78, 5) is 13.4. The van der Waals surface area contributed by atoms with E-state index in [1.807, 2.05) is 4.57 Å². The Kier molecular flexibility index (Phi) is 6.72. The van der Waals surface area contributed by atoms with Crippen LogP contribution in [0.2, 0.25) is 0 Å². The van der Waals surface area contributed by atoms with Crippen molar-refractivity contribution < 1.29 is 4.79 Å². The first kappa shape index (κ1) is 17.5. The van der Waals surface area contributed by atoms with Crippen molar-refractivity contribution >= 4 is 29.0 Å². The minimum atomic E-state index is 0.0957. The van der Waals surface area contributed by atoms with Crippen molar-refractivity contribution in [2.75, 3.05) is 12.3 Å². The Balaban J connectivity index is 1.39. The van der Waals surface area contributed by atoms with Gasteiger partial charge in [0.05, 0.1) is 5.75 Å². The van der Waals surface area contributed by atoms with E-state index in [9.17, 15) is 4.79 Å². The quantitative estimate of drug-likeness (QED) is 0.730. The number of aromatic nitrogens is 3. The molecule has 0 spiro atoms. The van der Waals surface area contributed by atoms with Crippen molar-refractivity contribution in [3.63, 3.8) is 0 Å². The highest BCUT2D eigenvalue weighted by Gasteiger charge is 2.15. The third-order valence-electron chi connectivity index (χ3n) is 4.40. The standard InChI is InChI=1S/C17H24N4OS2/c22-16(18-11-14-5-2-1-3-6-14)12-24-17-20-19-13-21(17)9-8-15-7-4-10-23-15/h4,7,10,13-14H,1-3,5-6,8-9,11-12H2,(H,18,22). The van der Waals surface area contributed by atoms with Crippen molar-refractivity contribution in [2.45, 2.75) is 50.2 Å². The van der Waals surface area contributed by atoms with E-state index in [0.717, 1.165) is 24.7 Å². The summed E-state index contributed by atoms with van der Waals surface area (Å²) in [5, 5.41) is 14.1. The van der Waals surface area contributed by atoms with E-state index in [1.165, 1.54) is 48.7 Å². The lowest BCUT2D eigenvalue weighted by molar-refractivity contribution is -0.118. The molecule has 0 atom stereocenters. The molecule has 1 aliphatic carbocycles. The van der Waals surface area contributed by atoms with Gasteiger partial charge in [-0.15, -0.1) is 21.5 Å². The molecule has 5 nitrogen and oxygen atoms in total. The zero-order valence-electron chi connectivity index (χ0n) is 13.8. The van der Waals surface area contributed by atoms with Crippen LogP contribution < -0.4 is 5.32 Å². The number of thiophene rings is 1. The first-order chi connectivity index (χ1) is 11.8. The van der Waals surface area contributed by atoms with Crippen LogP contribution in [0.25, 0.3) is 0 Å². The van der Waals surface area contributed by atoms with Gasteiger partial charge in [0.1, 0.15) is 6.33 Å². The van der Waals surface area contributed by atoms with E-state index in [2.05, 4.69) is 33.0 Å². The van der Waals surface area contributed by atoms with Gasteiger partial charge in [-0.2, -0.15) is 0 Å². The molecule has 2 heterocycles. The zero-order valence-corrected chi connectivity index (χ0v) is 15.5. The first-order valence-electron chi connectivity index (χ1n) is 8.61. The highest BCUT2D eigenvalue weighted by molar-refractivity contribution is 7.99. The van der Waals surface area contributed by atoms with E-state index in [4.69, 9.17) is 0 Å². The van der Waals surface area contributed by atoms with E-state index in [1.54, 1.807) is 17.7 Å². The van der Waals surface area contributed by atoms with Crippen LogP contribution in [0, 0.1) is 5.92 Å². The Labute approximate surface area is 151 Å². The maximum atomic E-state index is 12.0. The molecule has 1 amide bonds. The monoisotopic (exact) mass is 364 g/mol. The largest absolute Gasteiger partial charge is 0.355 e. The number of hydrogen-bond donors (Lipinski definition) is 1. The van der Waals surface area contributed by atoms with Gasteiger partial charge in [0.15, 0.2) is 5.16 Å². The number of carbonyl (C=O) groups is 1. The Morgan fingerprint density at radius 2 is 2.25 bits per heavy atom. The molecular formula is C17H24N4OS2. The van der Waals surface area contributed by atoms with Gasteiger partial charge in [0, 0.05) is 18.0 Å². The molecule has 0 saturated heterocycles. The number of rotatable bonds is 8. The van der Waals surface area contributed by atoms with Crippen molar-refractivity contribution in [1.29, 1.82) is 0 Å². The summed E-state index contributed by atoms with van der Waals surface area (Å²) < 4.78 is 2.03. The zero-order chi connectivity index (χ0) is 16.6. The van der Waals surface area contributed by atoms with Gasteiger partial charge in [0.25, 0.3) is 0 Å². The Morgan fingerprint density at radius 1 is 1.38 bits per heavy atom. The summed E-state index contributed by atoms with van der Waals surface area (Å²) in [6.45, 7) is 1.67. The lowest BCUT2D eigenvalue weighted by Gasteiger charge is -2.21. The fraction of sp³-hybridized carbons (Fsp3) is 0.588. The van der Waals surface area contributed by atoms with Gasteiger partial charge in [-0.05, 0) is 36.6 Å². The van der Waals surface area contributed by atoms with Gasteiger partial charge in [-0.3, -0.25) is 4.79 Å². The average Bonchev–Trinajstić information content (AvgIpc) is 3.28. The van der Waals surface area contributed by atoms with Crippen molar-refractivity contribution in [2.24, 2.45) is 5.92 Å². The second-order valence-corrected chi connectivity index (χ2v) is 8.21. The van der Waals surface area contributed by atoms with Crippen LogP contribution in [0.15, 0.2) is 29.0 Å². The molecule has 24 heavy (non-hydrogen) atoms. The highest BCUT2D eigenvalue weighted by atomic mass is 32.2. The molecule has 0 aromatic carbocycles. The minimum absolute atomic E-state index is 0.0957. The molecule has 1 fully saturated rings. The van der Waals surface area contributed by atoms with Gasteiger partial charge < -0.3 is 9.88 Å². The Hall–Kier alpha value is -1.34. The number of nitrogens with zero attached hydrogens (tertiary/aromatic N) is 3. The third-order valence-corrected chi connectivity index (χ3v) is 6.32. The van der Waals surface area contributed by atoms with E-state index >= 15 is 0 Å². The number of hydrogen-bond acceptors (Lipinski definition) is 5. The van der Waals surface area contributed by atoms with Gasteiger partial charge in [-0.25, -0.2) is 0 Å². The number of nitrogens with one attached hydrogen (secondary N) is 1. The third kappa shape index (κ3) is 5.34. The molecule has 0 radical (unpaired) electrons. The van der Waals surface area contributed by atoms with Crippen molar-refractivity contribution in [3.8, 4) is 0 Å². The molecule has 0 bridgehead atoms.